The van der Waals surface area contributed by atoms with Crippen LogP contribution >= 0.6 is 0 Å². The Morgan fingerprint density at radius 3 is 2.57 bits per heavy atom. The first-order valence-corrected chi connectivity index (χ1v) is 8.85. The molecular weight excluding hydrogens is 366 g/mol. The molecule has 2 rings (SSSR count). The van der Waals surface area contributed by atoms with Gasteiger partial charge in [-0.1, -0.05) is 31.9 Å². The molecule has 0 fully saturated rings. The third-order valence-electron chi connectivity index (χ3n) is 4.40. The highest BCUT2D eigenvalue weighted by atomic mass is 16.5. The third-order valence-corrected chi connectivity index (χ3v) is 4.40. The lowest BCUT2D eigenvalue weighted by molar-refractivity contribution is -0.147. The number of benzene rings is 1. The first-order valence-electron chi connectivity index (χ1n) is 8.85. The molecule has 0 bridgehead atoms. The molecule has 0 aliphatic heterocycles. The van der Waals surface area contributed by atoms with Crippen LogP contribution < -0.4 is 10.7 Å². The van der Waals surface area contributed by atoms with Crippen LogP contribution in [-0.4, -0.2) is 37.6 Å². The van der Waals surface area contributed by atoms with Crippen molar-refractivity contribution in [3.8, 4) is 0 Å². The van der Waals surface area contributed by atoms with Gasteiger partial charge >= 0.3 is 11.9 Å². The molecule has 28 heavy (non-hydrogen) atoms. The lowest BCUT2D eigenvalue weighted by Gasteiger charge is -2.21. The van der Waals surface area contributed by atoms with E-state index in [1.165, 1.54) is 7.11 Å². The number of carbonyl (C=O) groups excluding carboxylic acids is 3. The number of esters is 2. The minimum absolute atomic E-state index is 0.158. The molecule has 0 spiro atoms. The summed E-state index contributed by atoms with van der Waals surface area (Å²) in [4.78, 5) is 48.2. The van der Waals surface area contributed by atoms with Gasteiger partial charge in [-0.2, -0.15) is 0 Å². The fraction of sp³-hybridized carbons (Fsp3) is 0.400. The van der Waals surface area contributed by atoms with E-state index in [1.54, 1.807) is 25.1 Å². The molecule has 2 atom stereocenters. The second kappa shape index (κ2) is 9.16. The molecule has 1 aromatic heterocycles. The zero-order valence-electron chi connectivity index (χ0n) is 16.2. The van der Waals surface area contributed by atoms with E-state index in [9.17, 15) is 19.2 Å². The highest BCUT2D eigenvalue weighted by Gasteiger charge is 2.27. The van der Waals surface area contributed by atoms with Gasteiger partial charge in [0.1, 0.15) is 11.6 Å². The number of rotatable bonds is 7. The summed E-state index contributed by atoms with van der Waals surface area (Å²) in [5.74, 6) is -2.66. The van der Waals surface area contributed by atoms with Gasteiger partial charge in [0.05, 0.1) is 12.5 Å². The van der Waals surface area contributed by atoms with Gasteiger partial charge in [0.15, 0.2) is 12.0 Å². The Balaban J connectivity index is 2.06. The Bertz CT molecular complexity index is 947. The maximum Gasteiger partial charge on any atom is 0.374 e. The Morgan fingerprint density at radius 2 is 1.93 bits per heavy atom. The zero-order valence-corrected chi connectivity index (χ0v) is 16.2. The summed E-state index contributed by atoms with van der Waals surface area (Å²) in [6, 6.07) is 5.17. The SMILES string of the molecule is CC[C@@H](C)[C@H](NC(=O)COC(=O)c1cc(=O)c2cc(C)ccc2o1)C(=O)OC. The van der Waals surface area contributed by atoms with Crippen LogP contribution in [0.1, 0.15) is 36.4 Å². The molecule has 2 aromatic rings. The highest BCUT2D eigenvalue weighted by Crippen LogP contribution is 2.15. The second-order valence-corrected chi connectivity index (χ2v) is 6.50. The van der Waals surface area contributed by atoms with E-state index in [4.69, 9.17) is 9.15 Å². The van der Waals surface area contributed by atoms with Gasteiger partial charge < -0.3 is 19.2 Å². The van der Waals surface area contributed by atoms with Gasteiger partial charge in [-0.25, -0.2) is 9.59 Å². The Labute approximate surface area is 161 Å². The largest absolute Gasteiger partial charge is 0.467 e. The molecular formula is C20H23NO7. The summed E-state index contributed by atoms with van der Waals surface area (Å²) in [7, 11) is 1.23. The maximum atomic E-state index is 12.2. The topological polar surface area (TPSA) is 112 Å². The van der Waals surface area contributed by atoms with Crippen LogP contribution in [0.15, 0.2) is 33.5 Å². The molecule has 0 aliphatic carbocycles. The first-order chi connectivity index (χ1) is 13.3. The van der Waals surface area contributed by atoms with Gasteiger partial charge in [-0.3, -0.25) is 9.59 Å². The predicted molar refractivity (Wildman–Crippen MR) is 101 cm³/mol. The maximum absolute atomic E-state index is 12.2. The quantitative estimate of drug-likeness (QED) is 0.721. The van der Waals surface area contributed by atoms with E-state index in [0.717, 1.165) is 11.6 Å². The summed E-state index contributed by atoms with van der Waals surface area (Å²) >= 11 is 0. The van der Waals surface area contributed by atoms with Crippen LogP contribution in [0.3, 0.4) is 0 Å². The average molecular weight is 389 g/mol. The molecule has 1 amide bonds. The van der Waals surface area contributed by atoms with Crippen molar-refractivity contribution in [1.82, 2.24) is 5.32 Å². The summed E-state index contributed by atoms with van der Waals surface area (Å²) in [5, 5.41) is 2.84. The van der Waals surface area contributed by atoms with E-state index >= 15 is 0 Å². The smallest absolute Gasteiger partial charge is 0.374 e. The number of fused-ring (bicyclic) bond motifs is 1. The van der Waals surface area contributed by atoms with E-state index in [2.05, 4.69) is 10.1 Å². The number of methoxy groups -OCH3 is 1. The van der Waals surface area contributed by atoms with Crippen molar-refractivity contribution in [2.45, 2.75) is 33.2 Å². The molecule has 8 nitrogen and oxygen atoms in total. The van der Waals surface area contributed by atoms with Gasteiger partial charge in [0.25, 0.3) is 5.91 Å². The van der Waals surface area contributed by atoms with Gasteiger partial charge in [-0.15, -0.1) is 0 Å². The standard InChI is InChI=1S/C20H23NO7/c1-5-12(3)18(20(25)26-4)21-17(23)10-27-19(24)16-9-14(22)13-8-11(2)6-7-15(13)28-16/h6-9,12,18H,5,10H2,1-4H3,(H,21,23)/t12-,18+/m1/s1. The minimum Gasteiger partial charge on any atom is -0.467 e. The summed E-state index contributed by atoms with van der Waals surface area (Å²) in [6.45, 7) is 4.87. The number of hydrogen-bond acceptors (Lipinski definition) is 7. The van der Waals surface area contributed by atoms with Crippen molar-refractivity contribution in [3.63, 3.8) is 0 Å². The number of nitrogens with one attached hydrogen (secondary N) is 1. The van der Waals surface area contributed by atoms with Crippen molar-refractivity contribution >= 4 is 28.8 Å². The molecule has 0 unspecified atom stereocenters. The molecule has 0 aliphatic rings. The van der Waals surface area contributed by atoms with Crippen LogP contribution in [0.2, 0.25) is 0 Å². The molecule has 0 saturated heterocycles. The minimum atomic E-state index is -0.951. The zero-order chi connectivity index (χ0) is 20.8. The molecule has 0 radical (unpaired) electrons. The molecule has 1 N–H and O–H groups in total. The van der Waals surface area contributed by atoms with Crippen molar-refractivity contribution in [1.29, 1.82) is 0 Å². The summed E-state index contributed by atoms with van der Waals surface area (Å²) in [5.41, 5.74) is 0.745. The lowest BCUT2D eigenvalue weighted by atomic mass is 9.99. The van der Waals surface area contributed by atoms with Crippen molar-refractivity contribution in [2.75, 3.05) is 13.7 Å². The number of carbonyl (C=O) groups is 3. The van der Waals surface area contributed by atoms with E-state index in [-0.39, 0.29) is 22.7 Å². The highest BCUT2D eigenvalue weighted by molar-refractivity contribution is 5.91. The van der Waals surface area contributed by atoms with Gasteiger partial charge in [0, 0.05) is 6.07 Å². The van der Waals surface area contributed by atoms with Crippen LogP contribution in [-0.2, 0) is 19.1 Å². The normalized spacial score (nSPS) is 12.9. The Morgan fingerprint density at radius 1 is 1.21 bits per heavy atom. The molecule has 1 aromatic carbocycles. The van der Waals surface area contributed by atoms with E-state index in [0.29, 0.717) is 11.8 Å². The molecule has 0 saturated carbocycles. The second-order valence-electron chi connectivity index (χ2n) is 6.50. The van der Waals surface area contributed by atoms with Gasteiger partial charge in [-0.05, 0) is 25.0 Å². The van der Waals surface area contributed by atoms with E-state index < -0.39 is 30.5 Å². The number of aryl methyl sites for hydroxylation is 1. The van der Waals surface area contributed by atoms with Crippen molar-refractivity contribution in [2.24, 2.45) is 5.92 Å². The van der Waals surface area contributed by atoms with Crippen LogP contribution in [0, 0.1) is 12.8 Å². The molecule has 8 heteroatoms. The monoisotopic (exact) mass is 389 g/mol. The van der Waals surface area contributed by atoms with Gasteiger partial charge in [0.2, 0.25) is 5.76 Å². The summed E-state index contributed by atoms with van der Waals surface area (Å²) < 4.78 is 15.0. The fourth-order valence-electron chi connectivity index (χ4n) is 2.58. The molecule has 150 valence electrons. The third kappa shape index (κ3) is 4.97. The fourth-order valence-corrected chi connectivity index (χ4v) is 2.58. The van der Waals surface area contributed by atoms with Crippen molar-refractivity contribution < 1.29 is 28.3 Å². The Kier molecular flexibility index (Phi) is 6.92. The number of ether oxygens (including phenoxy) is 2. The van der Waals surface area contributed by atoms with Crippen LogP contribution in [0.4, 0.5) is 0 Å². The van der Waals surface area contributed by atoms with Crippen molar-refractivity contribution in [3.05, 3.63) is 45.8 Å². The molecule has 1 heterocycles. The van der Waals surface area contributed by atoms with E-state index in [1.807, 2.05) is 13.8 Å². The van der Waals surface area contributed by atoms with Crippen LogP contribution in [0.5, 0.6) is 0 Å². The predicted octanol–water partition coefficient (Wildman–Crippen LogP) is 1.96. The average Bonchev–Trinajstić information content (AvgIpc) is 2.69. The lowest BCUT2D eigenvalue weighted by Crippen LogP contribution is -2.47. The summed E-state index contributed by atoms with van der Waals surface area (Å²) in [6.07, 6.45) is 0.640. The van der Waals surface area contributed by atoms with Crippen LogP contribution in [0.25, 0.3) is 11.0 Å². The first kappa shape index (κ1) is 21.1. The number of amides is 1. The Hall–Kier alpha value is -3.16. The number of hydrogen-bond donors (Lipinski definition) is 1.